The summed E-state index contributed by atoms with van der Waals surface area (Å²) in [6.45, 7) is 3.19. The molecule has 7 nitrogen and oxygen atoms in total. The van der Waals surface area contributed by atoms with E-state index in [0.29, 0.717) is 23.1 Å². The van der Waals surface area contributed by atoms with E-state index >= 15 is 0 Å². The molecule has 1 unspecified atom stereocenters. The number of carbonyl (C=O) groups is 2. The van der Waals surface area contributed by atoms with Gasteiger partial charge in [0.15, 0.2) is 0 Å². The van der Waals surface area contributed by atoms with Crippen molar-refractivity contribution in [3.63, 3.8) is 0 Å². The second kappa shape index (κ2) is 7.27. The number of H-pyrrole nitrogens is 1. The number of aromatic nitrogens is 3. The summed E-state index contributed by atoms with van der Waals surface area (Å²) in [6.07, 6.45) is 7.98. The molecule has 1 N–H and O–H groups in total. The predicted octanol–water partition coefficient (Wildman–Crippen LogP) is 1.82. The third kappa shape index (κ3) is 3.34. The molecule has 2 amide bonds. The van der Waals surface area contributed by atoms with Crippen LogP contribution in [0.5, 0.6) is 0 Å². The summed E-state index contributed by atoms with van der Waals surface area (Å²) in [6, 6.07) is 5.26. The summed E-state index contributed by atoms with van der Waals surface area (Å²) in [5.74, 6) is 1.24. The molecule has 0 saturated carbocycles. The second-order valence-corrected chi connectivity index (χ2v) is 7.14. The minimum Gasteiger partial charge on any atom is -0.339 e. The van der Waals surface area contributed by atoms with Crippen molar-refractivity contribution in [1.82, 2.24) is 25.0 Å². The Kier molecular flexibility index (Phi) is 4.69. The maximum Gasteiger partial charge on any atom is 0.271 e. The fourth-order valence-electron chi connectivity index (χ4n) is 4.15. The monoisotopic (exact) mass is 353 g/mol. The van der Waals surface area contributed by atoms with Gasteiger partial charge in [0.05, 0.1) is 0 Å². The molecule has 0 bridgehead atoms. The fourth-order valence-corrected chi connectivity index (χ4v) is 4.15. The van der Waals surface area contributed by atoms with Gasteiger partial charge >= 0.3 is 0 Å². The number of likely N-dealkylation sites (tertiary alicyclic amines) is 2. The molecule has 2 fully saturated rings. The lowest BCUT2D eigenvalue weighted by Crippen LogP contribution is -2.40. The van der Waals surface area contributed by atoms with Gasteiger partial charge in [-0.2, -0.15) is 5.10 Å². The molecule has 2 aromatic heterocycles. The van der Waals surface area contributed by atoms with Crippen LogP contribution >= 0.6 is 0 Å². The van der Waals surface area contributed by atoms with Crippen molar-refractivity contribution >= 4 is 11.8 Å². The zero-order chi connectivity index (χ0) is 17.9. The van der Waals surface area contributed by atoms with Crippen LogP contribution in [0, 0.1) is 11.8 Å². The summed E-state index contributed by atoms with van der Waals surface area (Å²) in [7, 11) is 0. The van der Waals surface area contributed by atoms with Crippen LogP contribution in [0.15, 0.2) is 36.8 Å². The van der Waals surface area contributed by atoms with Crippen LogP contribution in [0.25, 0.3) is 0 Å². The first kappa shape index (κ1) is 16.8. The standard InChI is InChI=1S/C19H23N5O2/c25-18(15-1-7-20-8-2-15)23-10-4-14(5-11-23)16-6-12-24(13-16)19(26)17-3-9-21-22-17/h1-3,7-9,14,16H,4-6,10-13H2,(H,21,22). The minimum atomic E-state index is 0.0373. The maximum atomic E-state index is 12.5. The summed E-state index contributed by atoms with van der Waals surface area (Å²) >= 11 is 0. The molecule has 136 valence electrons. The average molecular weight is 353 g/mol. The van der Waals surface area contributed by atoms with Gasteiger partial charge in [-0.1, -0.05) is 0 Å². The van der Waals surface area contributed by atoms with Crippen molar-refractivity contribution < 1.29 is 9.59 Å². The molecule has 1 atom stereocenters. The lowest BCUT2D eigenvalue weighted by Gasteiger charge is -2.35. The number of nitrogens with one attached hydrogen (secondary N) is 1. The smallest absolute Gasteiger partial charge is 0.271 e. The van der Waals surface area contributed by atoms with Crippen LogP contribution in [-0.4, -0.2) is 63.0 Å². The number of rotatable bonds is 3. The van der Waals surface area contributed by atoms with Crippen molar-refractivity contribution in [2.75, 3.05) is 26.2 Å². The Bertz CT molecular complexity index is 754. The summed E-state index contributed by atoms with van der Waals surface area (Å²) < 4.78 is 0. The maximum absolute atomic E-state index is 12.5. The molecule has 7 heteroatoms. The summed E-state index contributed by atoms with van der Waals surface area (Å²) in [5, 5.41) is 6.61. The second-order valence-electron chi connectivity index (χ2n) is 7.14. The van der Waals surface area contributed by atoms with Crippen molar-refractivity contribution in [2.45, 2.75) is 19.3 Å². The van der Waals surface area contributed by atoms with Crippen LogP contribution in [0.3, 0.4) is 0 Å². The highest BCUT2D eigenvalue weighted by Crippen LogP contribution is 2.32. The van der Waals surface area contributed by atoms with Gasteiger partial charge in [-0.3, -0.25) is 19.7 Å². The Morgan fingerprint density at radius 2 is 1.58 bits per heavy atom. The van der Waals surface area contributed by atoms with E-state index in [9.17, 15) is 9.59 Å². The Balaban J connectivity index is 1.30. The van der Waals surface area contributed by atoms with E-state index in [-0.39, 0.29) is 11.8 Å². The fraction of sp³-hybridized carbons (Fsp3) is 0.474. The number of piperidine rings is 1. The molecule has 2 saturated heterocycles. The third-order valence-electron chi connectivity index (χ3n) is 5.66. The first-order valence-corrected chi connectivity index (χ1v) is 9.20. The van der Waals surface area contributed by atoms with E-state index in [2.05, 4.69) is 15.2 Å². The topological polar surface area (TPSA) is 82.2 Å². The first-order chi connectivity index (χ1) is 12.7. The summed E-state index contributed by atoms with van der Waals surface area (Å²) in [4.78, 5) is 32.8. The van der Waals surface area contributed by atoms with Crippen molar-refractivity contribution in [2.24, 2.45) is 11.8 Å². The van der Waals surface area contributed by atoms with Crippen molar-refractivity contribution in [3.05, 3.63) is 48.0 Å². The number of pyridine rings is 1. The van der Waals surface area contributed by atoms with E-state index in [1.165, 1.54) is 0 Å². The van der Waals surface area contributed by atoms with E-state index in [1.54, 1.807) is 36.8 Å². The van der Waals surface area contributed by atoms with E-state index in [1.807, 2.05) is 9.80 Å². The molecular formula is C19H23N5O2. The number of carbonyl (C=O) groups excluding carboxylic acids is 2. The molecule has 0 radical (unpaired) electrons. The zero-order valence-corrected chi connectivity index (χ0v) is 14.7. The van der Waals surface area contributed by atoms with E-state index < -0.39 is 0 Å². The van der Waals surface area contributed by atoms with Crippen LogP contribution < -0.4 is 0 Å². The van der Waals surface area contributed by atoms with Gasteiger partial charge in [0, 0.05) is 50.3 Å². The lowest BCUT2D eigenvalue weighted by molar-refractivity contribution is 0.0655. The molecule has 2 aliphatic heterocycles. The van der Waals surface area contributed by atoms with Gasteiger partial charge in [0.25, 0.3) is 11.8 Å². The van der Waals surface area contributed by atoms with Crippen molar-refractivity contribution in [3.8, 4) is 0 Å². The highest BCUT2D eigenvalue weighted by atomic mass is 16.2. The quantitative estimate of drug-likeness (QED) is 0.912. The number of hydrogen-bond donors (Lipinski definition) is 1. The van der Waals surface area contributed by atoms with Gasteiger partial charge < -0.3 is 9.80 Å². The van der Waals surface area contributed by atoms with Crippen LogP contribution in [0.1, 0.15) is 40.1 Å². The van der Waals surface area contributed by atoms with Gasteiger partial charge in [-0.15, -0.1) is 0 Å². The van der Waals surface area contributed by atoms with Crippen LogP contribution in [-0.2, 0) is 0 Å². The molecule has 0 aliphatic carbocycles. The Morgan fingerprint density at radius 1 is 0.885 bits per heavy atom. The molecule has 26 heavy (non-hydrogen) atoms. The Morgan fingerprint density at radius 3 is 2.27 bits per heavy atom. The minimum absolute atomic E-state index is 0.0373. The van der Waals surface area contributed by atoms with Crippen LogP contribution in [0.4, 0.5) is 0 Å². The highest BCUT2D eigenvalue weighted by Gasteiger charge is 2.35. The number of aromatic amines is 1. The predicted molar refractivity (Wildman–Crippen MR) is 95.5 cm³/mol. The van der Waals surface area contributed by atoms with Gasteiger partial charge in [0.2, 0.25) is 0 Å². The number of amides is 2. The highest BCUT2D eigenvalue weighted by molar-refractivity contribution is 5.94. The number of nitrogens with zero attached hydrogens (tertiary/aromatic N) is 4. The van der Waals surface area contributed by atoms with E-state index in [4.69, 9.17) is 0 Å². The first-order valence-electron chi connectivity index (χ1n) is 9.20. The Labute approximate surface area is 152 Å². The molecule has 4 heterocycles. The van der Waals surface area contributed by atoms with E-state index in [0.717, 1.165) is 45.4 Å². The molecule has 0 spiro atoms. The third-order valence-corrected chi connectivity index (χ3v) is 5.66. The van der Waals surface area contributed by atoms with Crippen LogP contribution in [0.2, 0.25) is 0 Å². The van der Waals surface area contributed by atoms with Gasteiger partial charge in [-0.25, -0.2) is 0 Å². The molecule has 4 rings (SSSR count). The SMILES string of the molecule is O=C(c1ccncc1)N1CCC(C2CCN(C(=O)c3ccn[nH]3)C2)CC1. The zero-order valence-electron chi connectivity index (χ0n) is 14.7. The largest absolute Gasteiger partial charge is 0.339 e. The van der Waals surface area contributed by atoms with Gasteiger partial charge in [0.1, 0.15) is 5.69 Å². The number of hydrogen-bond acceptors (Lipinski definition) is 4. The molecule has 2 aliphatic rings. The molecular weight excluding hydrogens is 330 g/mol. The Hall–Kier alpha value is -2.70. The normalized spacial score (nSPS) is 21.2. The molecule has 0 aromatic carbocycles. The van der Waals surface area contributed by atoms with Gasteiger partial charge in [-0.05, 0) is 49.3 Å². The molecule has 2 aromatic rings. The summed E-state index contributed by atoms with van der Waals surface area (Å²) in [5.41, 5.74) is 1.26. The average Bonchev–Trinajstić information content (AvgIpc) is 3.40. The lowest BCUT2D eigenvalue weighted by atomic mass is 9.83. The van der Waals surface area contributed by atoms with Crippen molar-refractivity contribution in [1.29, 1.82) is 0 Å².